The Bertz CT molecular complexity index is 495. The fourth-order valence-electron chi connectivity index (χ4n) is 4.47. The number of hydrogen-bond donors (Lipinski definition) is 1. The van der Waals surface area contributed by atoms with E-state index < -0.39 is 5.97 Å². The van der Waals surface area contributed by atoms with Gasteiger partial charge in [0.15, 0.2) is 0 Å². The van der Waals surface area contributed by atoms with Gasteiger partial charge in [0.1, 0.15) is 0 Å². The Kier molecular flexibility index (Phi) is 4.03. The molecular formula is C18H25NO2. The second kappa shape index (κ2) is 5.80. The molecule has 0 aromatic heterocycles. The van der Waals surface area contributed by atoms with Gasteiger partial charge in [-0.2, -0.15) is 0 Å². The highest BCUT2D eigenvalue weighted by Crippen LogP contribution is 2.42. The fourth-order valence-corrected chi connectivity index (χ4v) is 4.47. The molecule has 3 unspecified atom stereocenters. The first kappa shape index (κ1) is 14.6. The molecule has 3 atom stereocenters. The Morgan fingerprint density at radius 3 is 2.24 bits per heavy atom. The van der Waals surface area contributed by atoms with Crippen molar-refractivity contribution in [3.05, 3.63) is 35.4 Å². The molecule has 1 saturated carbocycles. The minimum Gasteiger partial charge on any atom is -0.481 e. The molecule has 0 aliphatic heterocycles. The molecule has 3 nitrogen and oxygen atoms in total. The van der Waals surface area contributed by atoms with E-state index in [0.717, 1.165) is 12.8 Å². The molecule has 3 rings (SSSR count). The smallest absolute Gasteiger partial charge is 0.307 e. The van der Waals surface area contributed by atoms with Gasteiger partial charge in [-0.3, -0.25) is 4.79 Å². The van der Waals surface area contributed by atoms with Crippen molar-refractivity contribution in [1.29, 1.82) is 0 Å². The SMILES string of the molecule is CC(CN(C)C1C2CCC1Cc1ccccc1C2)C(=O)O. The molecular weight excluding hydrogens is 262 g/mol. The van der Waals surface area contributed by atoms with E-state index in [1.807, 2.05) is 6.92 Å². The third kappa shape index (κ3) is 2.84. The van der Waals surface area contributed by atoms with Crippen LogP contribution in [0.5, 0.6) is 0 Å². The molecule has 0 saturated heterocycles. The van der Waals surface area contributed by atoms with E-state index in [-0.39, 0.29) is 5.92 Å². The monoisotopic (exact) mass is 287 g/mol. The largest absolute Gasteiger partial charge is 0.481 e. The topological polar surface area (TPSA) is 40.5 Å². The fraction of sp³-hybridized carbons (Fsp3) is 0.611. The zero-order chi connectivity index (χ0) is 15.0. The van der Waals surface area contributed by atoms with Gasteiger partial charge >= 0.3 is 5.97 Å². The van der Waals surface area contributed by atoms with Crippen LogP contribution in [-0.4, -0.2) is 35.6 Å². The van der Waals surface area contributed by atoms with Gasteiger partial charge in [0, 0.05) is 12.6 Å². The molecule has 0 radical (unpaired) electrons. The maximum Gasteiger partial charge on any atom is 0.307 e. The molecule has 0 spiro atoms. The molecule has 21 heavy (non-hydrogen) atoms. The third-order valence-corrected chi connectivity index (χ3v) is 5.45. The molecule has 1 aromatic carbocycles. The quantitative estimate of drug-likeness (QED) is 0.925. The van der Waals surface area contributed by atoms with Crippen molar-refractivity contribution >= 4 is 5.97 Å². The summed E-state index contributed by atoms with van der Waals surface area (Å²) in [5, 5.41) is 9.15. The van der Waals surface area contributed by atoms with Crippen LogP contribution >= 0.6 is 0 Å². The van der Waals surface area contributed by atoms with Crippen LogP contribution < -0.4 is 0 Å². The lowest BCUT2D eigenvalue weighted by atomic mass is 9.93. The van der Waals surface area contributed by atoms with Crippen LogP contribution in [0, 0.1) is 17.8 Å². The normalized spacial score (nSPS) is 29.0. The number of aliphatic carboxylic acids is 1. The summed E-state index contributed by atoms with van der Waals surface area (Å²) in [6.45, 7) is 2.47. The molecule has 1 N–H and O–H groups in total. The lowest BCUT2D eigenvalue weighted by Gasteiger charge is -2.33. The highest BCUT2D eigenvalue weighted by molar-refractivity contribution is 5.69. The molecule has 2 aliphatic rings. The van der Waals surface area contributed by atoms with Gasteiger partial charge in [-0.15, -0.1) is 0 Å². The van der Waals surface area contributed by atoms with E-state index in [1.54, 1.807) is 0 Å². The van der Waals surface area contributed by atoms with Crippen molar-refractivity contribution in [2.75, 3.05) is 13.6 Å². The van der Waals surface area contributed by atoms with Gasteiger partial charge in [-0.1, -0.05) is 31.2 Å². The Hall–Kier alpha value is -1.35. The maximum atomic E-state index is 11.1. The van der Waals surface area contributed by atoms with Crippen molar-refractivity contribution in [2.45, 2.75) is 38.6 Å². The zero-order valence-electron chi connectivity index (χ0n) is 13.0. The highest BCUT2D eigenvalue weighted by Gasteiger charge is 2.41. The highest BCUT2D eigenvalue weighted by atomic mass is 16.4. The van der Waals surface area contributed by atoms with Gasteiger partial charge in [0.2, 0.25) is 0 Å². The Labute approximate surface area is 127 Å². The van der Waals surface area contributed by atoms with Crippen molar-refractivity contribution in [3.8, 4) is 0 Å². The van der Waals surface area contributed by atoms with Crippen molar-refractivity contribution in [2.24, 2.45) is 17.8 Å². The summed E-state index contributed by atoms with van der Waals surface area (Å²) in [7, 11) is 2.12. The van der Waals surface area contributed by atoms with Crippen LogP contribution in [0.3, 0.4) is 0 Å². The summed E-state index contributed by atoms with van der Waals surface area (Å²) < 4.78 is 0. The Balaban J connectivity index is 1.78. The van der Waals surface area contributed by atoms with Gasteiger partial charge < -0.3 is 10.0 Å². The molecule has 114 valence electrons. The molecule has 2 aliphatic carbocycles. The first-order valence-corrected chi connectivity index (χ1v) is 8.06. The summed E-state index contributed by atoms with van der Waals surface area (Å²) in [6.07, 6.45) is 4.89. The lowest BCUT2D eigenvalue weighted by molar-refractivity contribution is -0.141. The minimum atomic E-state index is -0.689. The van der Waals surface area contributed by atoms with Crippen molar-refractivity contribution < 1.29 is 9.90 Å². The van der Waals surface area contributed by atoms with Crippen LogP contribution in [0.15, 0.2) is 24.3 Å². The number of carbonyl (C=O) groups is 1. The number of hydrogen-bond acceptors (Lipinski definition) is 2. The van der Waals surface area contributed by atoms with E-state index >= 15 is 0 Å². The number of carboxylic acid groups (broad SMARTS) is 1. The number of rotatable bonds is 4. The van der Waals surface area contributed by atoms with Crippen LogP contribution in [0.2, 0.25) is 0 Å². The van der Waals surface area contributed by atoms with Gasteiger partial charge in [0.05, 0.1) is 5.92 Å². The first-order chi connectivity index (χ1) is 10.1. The molecule has 2 bridgehead atoms. The minimum absolute atomic E-state index is 0.292. The summed E-state index contributed by atoms with van der Waals surface area (Å²) in [6, 6.07) is 9.37. The standard InChI is InChI=1S/C18H25NO2/c1-12(18(20)21)11-19(2)17-15-7-8-16(17)10-14-6-4-3-5-13(14)9-15/h3-6,12,15-17H,7-11H2,1-2H3,(H,20,21). The maximum absolute atomic E-state index is 11.1. The summed E-state index contributed by atoms with van der Waals surface area (Å²) in [5.74, 6) is 0.389. The summed E-state index contributed by atoms with van der Waals surface area (Å²) in [5.41, 5.74) is 3.02. The van der Waals surface area contributed by atoms with Crippen LogP contribution in [0.4, 0.5) is 0 Å². The van der Waals surface area contributed by atoms with E-state index in [1.165, 1.54) is 24.0 Å². The molecule has 1 aromatic rings. The predicted octanol–water partition coefficient (Wildman–Crippen LogP) is 2.83. The average molecular weight is 287 g/mol. The predicted molar refractivity (Wildman–Crippen MR) is 83.3 cm³/mol. The van der Waals surface area contributed by atoms with Crippen molar-refractivity contribution in [3.63, 3.8) is 0 Å². The van der Waals surface area contributed by atoms with Gasteiger partial charge in [-0.05, 0) is 55.7 Å². The second-order valence-corrected chi connectivity index (χ2v) is 6.94. The number of carboxylic acids is 1. The van der Waals surface area contributed by atoms with Crippen LogP contribution in [0.25, 0.3) is 0 Å². The van der Waals surface area contributed by atoms with E-state index in [0.29, 0.717) is 24.4 Å². The summed E-state index contributed by atoms with van der Waals surface area (Å²) >= 11 is 0. The van der Waals surface area contributed by atoms with Crippen LogP contribution in [0.1, 0.15) is 30.9 Å². The third-order valence-electron chi connectivity index (χ3n) is 5.45. The van der Waals surface area contributed by atoms with Gasteiger partial charge in [-0.25, -0.2) is 0 Å². The van der Waals surface area contributed by atoms with Crippen LogP contribution in [-0.2, 0) is 17.6 Å². The number of fused-ring (bicyclic) bond motifs is 3. The molecule has 1 fully saturated rings. The second-order valence-electron chi connectivity index (χ2n) is 6.94. The van der Waals surface area contributed by atoms with Gasteiger partial charge in [0.25, 0.3) is 0 Å². The summed E-state index contributed by atoms with van der Waals surface area (Å²) in [4.78, 5) is 13.4. The molecule has 0 amide bonds. The van der Waals surface area contributed by atoms with E-state index in [2.05, 4.69) is 36.2 Å². The van der Waals surface area contributed by atoms with E-state index in [9.17, 15) is 4.79 Å². The van der Waals surface area contributed by atoms with E-state index in [4.69, 9.17) is 5.11 Å². The number of benzene rings is 1. The Morgan fingerprint density at radius 2 is 1.76 bits per heavy atom. The Morgan fingerprint density at radius 1 is 1.24 bits per heavy atom. The average Bonchev–Trinajstić information content (AvgIpc) is 2.74. The first-order valence-electron chi connectivity index (χ1n) is 8.06. The molecule has 3 heteroatoms. The van der Waals surface area contributed by atoms with Crippen molar-refractivity contribution in [1.82, 2.24) is 4.90 Å². The lowest BCUT2D eigenvalue weighted by Crippen LogP contribution is -2.43. The number of nitrogens with zero attached hydrogens (tertiary/aromatic N) is 1. The zero-order valence-corrected chi connectivity index (χ0v) is 13.0. The molecule has 0 heterocycles.